The Morgan fingerprint density at radius 1 is 1.07 bits per heavy atom. The van der Waals surface area contributed by atoms with Crippen LogP contribution in [0.15, 0.2) is 59.0 Å². The van der Waals surface area contributed by atoms with Crippen LogP contribution in [0.5, 0.6) is 0 Å². The van der Waals surface area contributed by atoms with E-state index in [-0.39, 0.29) is 5.91 Å². The molecule has 2 heterocycles. The number of carbonyl (C=O) groups is 1. The zero-order valence-electron chi connectivity index (χ0n) is 16.1. The van der Waals surface area contributed by atoms with Crippen molar-refractivity contribution < 1.29 is 14.1 Å². The molecule has 2 N–H and O–H groups in total. The van der Waals surface area contributed by atoms with Gasteiger partial charge in [-0.2, -0.15) is 11.8 Å². The summed E-state index contributed by atoms with van der Waals surface area (Å²) in [5.41, 5.74) is 6.08. The van der Waals surface area contributed by atoms with E-state index in [0.29, 0.717) is 5.76 Å². The molecule has 0 aliphatic carbocycles. The number of quaternary nitrogens is 1. The first-order valence-electron chi connectivity index (χ1n) is 9.70. The number of hydrazine groups is 1. The highest BCUT2D eigenvalue weighted by Crippen LogP contribution is 2.30. The molecule has 1 amide bonds. The van der Waals surface area contributed by atoms with Gasteiger partial charge in [-0.3, -0.25) is 10.2 Å². The van der Waals surface area contributed by atoms with Crippen molar-refractivity contribution in [3.63, 3.8) is 0 Å². The number of carbonyl (C=O) groups excluding carboxylic acids is 1. The van der Waals surface area contributed by atoms with E-state index in [0.717, 1.165) is 54.2 Å². The summed E-state index contributed by atoms with van der Waals surface area (Å²) in [5, 5.41) is 3.03. The maximum Gasteiger partial charge on any atom is 0.301 e. The molecule has 0 spiro atoms. The van der Waals surface area contributed by atoms with Gasteiger partial charge in [0.25, 0.3) is 0 Å². The molecule has 0 saturated carbocycles. The fourth-order valence-corrected chi connectivity index (χ4v) is 4.49. The number of amides is 1. The van der Waals surface area contributed by atoms with Crippen molar-refractivity contribution in [2.45, 2.75) is 11.5 Å². The quantitative estimate of drug-likeness (QED) is 0.672. The van der Waals surface area contributed by atoms with Gasteiger partial charge in [-0.05, 0) is 11.6 Å². The van der Waals surface area contributed by atoms with Crippen LogP contribution in [-0.4, -0.2) is 44.1 Å². The number of fused-ring (bicyclic) bond motifs is 1. The average Bonchev–Trinajstić information content (AvgIpc) is 3.09. The summed E-state index contributed by atoms with van der Waals surface area (Å²) in [5.74, 6) is 1.93. The van der Waals surface area contributed by atoms with Gasteiger partial charge in [0.15, 0.2) is 5.76 Å². The lowest BCUT2D eigenvalue weighted by atomic mass is 10.1. The third-order valence-electron chi connectivity index (χ3n) is 5.14. The molecular weight excluding hydrogens is 370 g/mol. The molecule has 5 nitrogen and oxygen atoms in total. The summed E-state index contributed by atoms with van der Waals surface area (Å²) >= 11 is 1.80. The number of likely N-dealkylation sites (N-methyl/N-ethyl adjacent to an activating group) is 1. The highest BCUT2D eigenvalue weighted by Gasteiger charge is 2.24. The van der Waals surface area contributed by atoms with Crippen molar-refractivity contribution in [2.75, 3.05) is 33.2 Å². The van der Waals surface area contributed by atoms with Crippen molar-refractivity contribution in [3.8, 4) is 0 Å². The topological polar surface area (TPSA) is 49.9 Å². The van der Waals surface area contributed by atoms with E-state index in [4.69, 9.17) is 4.42 Å². The van der Waals surface area contributed by atoms with Crippen molar-refractivity contribution in [1.82, 2.24) is 10.4 Å². The zero-order chi connectivity index (χ0) is 19.3. The summed E-state index contributed by atoms with van der Waals surface area (Å²) < 4.78 is 5.97. The molecule has 0 radical (unpaired) electrons. The number of para-hydroxylation sites is 1. The maximum atomic E-state index is 13.0. The Bertz CT molecular complexity index is 933. The SMILES string of the molecule is C[NH+]1CCN(NC(=O)c2oc3ccccc3c2CSCc2ccccc2)CC1. The van der Waals surface area contributed by atoms with E-state index in [9.17, 15) is 4.79 Å². The Hall–Kier alpha value is -2.28. The van der Waals surface area contributed by atoms with Crippen LogP contribution in [-0.2, 0) is 11.5 Å². The van der Waals surface area contributed by atoms with Gasteiger partial charge in [0.2, 0.25) is 0 Å². The van der Waals surface area contributed by atoms with Crippen LogP contribution in [0.2, 0.25) is 0 Å². The average molecular weight is 397 g/mol. The molecule has 2 aromatic carbocycles. The second-order valence-electron chi connectivity index (χ2n) is 7.27. The first kappa shape index (κ1) is 19.1. The van der Waals surface area contributed by atoms with Gasteiger partial charge in [-0.1, -0.05) is 48.5 Å². The lowest BCUT2D eigenvalue weighted by Gasteiger charge is -2.29. The third kappa shape index (κ3) is 4.41. The Morgan fingerprint density at radius 2 is 1.79 bits per heavy atom. The molecule has 0 atom stereocenters. The first-order chi connectivity index (χ1) is 13.7. The van der Waals surface area contributed by atoms with Gasteiger partial charge >= 0.3 is 5.91 Å². The fourth-order valence-electron chi connectivity index (χ4n) is 3.47. The summed E-state index contributed by atoms with van der Waals surface area (Å²) in [4.78, 5) is 14.4. The van der Waals surface area contributed by atoms with E-state index in [1.807, 2.05) is 35.3 Å². The van der Waals surface area contributed by atoms with Gasteiger partial charge in [0, 0.05) is 22.5 Å². The van der Waals surface area contributed by atoms with Crippen LogP contribution in [0.3, 0.4) is 0 Å². The van der Waals surface area contributed by atoms with Crippen molar-refractivity contribution in [3.05, 3.63) is 71.5 Å². The smallest absolute Gasteiger partial charge is 0.301 e. The molecule has 6 heteroatoms. The molecule has 28 heavy (non-hydrogen) atoms. The molecule has 1 saturated heterocycles. The molecule has 4 rings (SSSR count). The van der Waals surface area contributed by atoms with Crippen molar-refractivity contribution >= 4 is 28.6 Å². The standard InChI is InChI=1S/C22H25N3O2S/c1-24-11-13-25(14-12-24)23-22(26)21-19(18-9-5-6-10-20(18)27-21)16-28-15-17-7-3-2-4-8-17/h2-10H,11-16H2,1H3,(H,23,26)/p+1. The first-order valence-corrected chi connectivity index (χ1v) is 10.9. The number of benzene rings is 2. The fraction of sp³-hybridized carbons (Fsp3) is 0.318. The molecule has 3 aromatic rings. The second-order valence-corrected chi connectivity index (χ2v) is 8.25. The maximum absolute atomic E-state index is 13.0. The summed E-state index contributed by atoms with van der Waals surface area (Å²) in [6.45, 7) is 3.77. The second kappa shape index (κ2) is 8.82. The predicted octanol–water partition coefficient (Wildman–Crippen LogP) is 2.34. The van der Waals surface area contributed by atoms with Crippen molar-refractivity contribution in [1.29, 1.82) is 0 Å². The van der Waals surface area contributed by atoms with E-state index in [1.165, 1.54) is 10.5 Å². The van der Waals surface area contributed by atoms with Crippen molar-refractivity contribution in [2.24, 2.45) is 0 Å². The van der Waals surface area contributed by atoms with Gasteiger partial charge < -0.3 is 9.32 Å². The van der Waals surface area contributed by atoms with Crippen LogP contribution in [0.25, 0.3) is 11.0 Å². The minimum absolute atomic E-state index is 0.147. The summed E-state index contributed by atoms with van der Waals surface area (Å²) in [7, 11) is 2.18. The number of thioether (sulfide) groups is 1. The zero-order valence-corrected chi connectivity index (χ0v) is 16.9. The third-order valence-corrected chi connectivity index (χ3v) is 6.17. The molecule has 1 aliphatic rings. The molecule has 1 aliphatic heterocycles. The predicted molar refractivity (Wildman–Crippen MR) is 113 cm³/mol. The highest BCUT2D eigenvalue weighted by molar-refractivity contribution is 7.97. The molecule has 1 aromatic heterocycles. The van der Waals surface area contributed by atoms with Gasteiger partial charge in [-0.25, -0.2) is 5.01 Å². The van der Waals surface area contributed by atoms with Gasteiger partial charge in [-0.15, -0.1) is 0 Å². The minimum Gasteiger partial charge on any atom is -0.451 e. The van der Waals surface area contributed by atoms with Crippen LogP contribution < -0.4 is 10.3 Å². The normalized spacial score (nSPS) is 15.8. The monoisotopic (exact) mass is 396 g/mol. The Balaban J connectivity index is 1.50. The lowest BCUT2D eigenvalue weighted by molar-refractivity contribution is -0.884. The van der Waals surface area contributed by atoms with Crippen LogP contribution in [0.1, 0.15) is 21.7 Å². The number of piperazine rings is 1. The number of rotatable bonds is 6. The van der Waals surface area contributed by atoms with Crippen LogP contribution >= 0.6 is 11.8 Å². The van der Waals surface area contributed by atoms with E-state index in [2.05, 4.69) is 36.7 Å². The number of nitrogens with zero attached hydrogens (tertiary/aromatic N) is 1. The number of nitrogens with one attached hydrogen (secondary N) is 2. The van der Waals surface area contributed by atoms with Gasteiger partial charge in [0.05, 0.1) is 33.2 Å². The summed E-state index contributed by atoms with van der Waals surface area (Å²) in [6, 6.07) is 18.3. The van der Waals surface area contributed by atoms with E-state index in [1.54, 1.807) is 11.8 Å². The number of hydrogen-bond donors (Lipinski definition) is 2. The van der Waals surface area contributed by atoms with Crippen LogP contribution in [0.4, 0.5) is 0 Å². The molecule has 0 bridgehead atoms. The van der Waals surface area contributed by atoms with E-state index >= 15 is 0 Å². The molecule has 0 unspecified atom stereocenters. The highest BCUT2D eigenvalue weighted by atomic mass is 32.2. The Kier molecular flexibility index (Phi) is 6.00. The molecule has 1 fully saturated rings. The number of furan rings is 1. The molecule has 146 valence electrons. The Morgan fingerprint density at radius 3 is 2.57 bits per heavy atom. The Labute approximate surface area is 169 Å². The largest absolute Gasteiger partial charge is 0.451 e. The lowest BCUT2D eigenvalue weighted by Crippen LogP contribution is -3.12. The number of hydrogen-bond acceptors (Lipinski definition) is 4. The van der Waals surface area contributed by atoms with E-state index < -0.39 is 0 Å². The molecular formula is C22H26N3O2S+. The minimum atomic E-state index is -0.147. The summed E-state index contributed by atoms with van der Waals surface area (Å²) in [6.07, 6.45) is 0. The van der Waals surface area contributed by atoms with Crippen LogP contribution in [0, 0.1) is 0 Å². The van der Waals surface area contributed by atoms with Gasteiger partial charge in [0.1, 0.15) is 5.58 Å².